The molecule has 0 spiro atoms. The molecule has 0 unspecified atom stereocenters. The summed E-state index contributed by atoms with van der Waals surface area (Å²) in [5.74, 6) is 0.538. The molecule has 0 radical (unpaired) electrons. The van der Waals surface area contributed by atoms with E-state index in [0.29, 0.717) is 11.6 Å². The summed E-state index contributed by atoms with van der Waals surface area (Å²) in [6.07, 6.45) is 1.70. The van der Waals surface area contributed by atoms with Gasteiger partial charge in [0.2, 0.25) is 5.95 Å². The van der Waals surface area contributed by atoms with Crippen LogP contribution >= 0.6 is 0 Å². The quantitative estimate of drug-likeness (QED) is 0.701. The smallest absolute Gasteiger partial charge is 0.409 e. The maximum absolute atomic E-state index is 10.2. The summed E-state index contributed by atoms with van der Waals surface area (Å²) in [4.78, 5) is 19.8. The van der Waals surface area contributed by atoms with Crippen LogP contribution in [0, 0.1) is 0 Å². The Kier molecular flexibility index (Phi) is 2.63. The lowest BCUT2D eigenvalue weighted by atomic mass is 10.5. The van der Waals surface area contributed by atoms with E-state index in [9.17, 15) is 4.79 Å². The predicted octanol–water partition coefficient (Wildman–Crippen LogP) is 0.632. The highest BCUT2D eigenvalue weighted by Gasteiger charge is 2.00. The number of aromatic nitrogens is 2. The third kappa shape index (κ3) is 2.58. The van der Waals surface area contributed by atoms with Gasteiger partial charge < -0.3 is 10.0 Å². The number of hydrogen-bond acceptors (Lipinski definition) is 4. The van der Waals surface area contributed by atoms with Crippen LogP contribution in [-0.4, -0.2) is 35.3 Å². The van der Waals surface area contributed by atoms with E-state index in [1.807, 2.05) is 0 Å². The molecule has 0 fully saturated rings. The van der Waals surface area contributed by atoms with Crippen LogP contribution in [0.3, 0.4) is 0 Å². The van der Waals surface area contributed by atoms with Gasteiger partial charge >= 0.3 is 6.09 Å². The van der Waals surface area contributed by atoms with E-state index in [4.69, 9.17) is 5.11 Å². The van der Waals surface area contributed by atoms with Crippen molar-refractivity contribution in [2.75, 3.05) is 24.3 Å². The fourth-order valence-corrected chi connectivity index (χ4v) is 0.740. The van der Waals surface area contributed by atoms with Gasteiger partial charge in [-0.1, -0.05) is 0 Å². The van der Waals surface area contributed by atoms with Gasteiger partial charge in [-0.25, -0.2) is 14.8 Å². The van der Waals surface area contributed by atoms with Gasteiger partial charge in [-0.3, -0.25) is 5.32 Å². The summed E-state index contributed by atoms with van der Waals surface area (Å²) in [7, 11) is 3.61. The summed E-state index contributed by atoms with van der Waals surface area (Å²) >= 11 is 0. The minimum Gasteiger partial charge on any atom is -0.465 e. The molecule has 70 valence electrons. The summed E-state index contributed by atoms with van der Waals surface area (Å²) in [5, 5.41) is 10.5. The highest BCUT2D eigenvalue weighted by molar-refractivity contribution is 5.82. The maximum Gasteiger partial charge on any atom is 0.409 e. The summed E-state index contributed by atoms with van der Waals surface area (Å²) in [6, 6.07) is 0. The normalized spacial score (nSPS) is 9.38. The SMILES string of the molecule is CN(C)c1ncc(NC(=O)O)cn1. The molecule has 1 aromatic rings. The Hall–Kier alpha value is -1.85. The number of amides is 1. The van der Waals surface area contributed by atoms with Gasteiger partial charge in [-0.2, -0.15) is 0 Å². The lowest BCUT2D eigenvalue weighted by molar-refractivity contribution is 0.209. The van der Waals surface area contributed by atoms with E-state index in [1.165, 1.54) is 12.4 Å². The minimum absolute atomic E-state index is 0.359. The van der Waals surface area contributed by atoms with Crippen molar-refractivity contribution in [2.24, 2.45) is 0 Å². The van der Waals surface area contributed by atoms with Crippen LogP contribution in [0.15, 0.2) is 12.4 Å². The van der Waals surface area contributed by atoms with Crippen molar-refractivity contribution >= 4 is 17.7 Å². The standard InChI is InChI=1S/C7H10N4O2/c1-11(2)6-8-3-5(4-9-6)10-7(12)13/h3-4,10H,1-2H3,(H,12,13). The van der Waals surface area contributed by atoms with Crippen molar-refractivity contribution in [3.05, 3.63) is 12.4 Å². The van der Waals surface area contributed by atoms with Crippen LogP contribution in [0.1, 0.15) is 0 Å². The minimum atomic E-state index is -1.12. The second-order valence-electron chi connectivity index (χ2n) is 2.60. The molecule has 1 rings (SSSR count). The van der Waals surface area contributed by atoms with E-state index in [0.717, 1.165) is 0 Å². The first-order chi connectivity index (χ1) is 6.09. The van der Waals surface area contributed by atoms with Crippen molar-refractivity contribution in [1.29, 1.82) is 0 Å². The van der Waals surface area contributed by atoms with Gasteiger partial charge in [-0.15, -0.1) is 0 Å². The van der Waals surface area contributed by atoms with Crippen LogP contribution < -0.4 is 10.2 Å². The molecule has 0 saturated carbocycles. The van der Waals surface area contributed by atoms with E-state index in [2.05, 4.69) is 15.3 Å². The van der Waals surface area contributed by atoms with Gasteiger partial charge in [0.05, 0.1) is 18.1 Å². The molecule has 0 aliphatic heterocycles. The average Bonchev–Trinajstić information content (AvgIpc) is 2.04. The first-order valence-corrected chi connectivity index (χ1v) is 3.59. The van der Waals surface area contributed by atoms with Crippen molar-refractivity contribution in [3.8, 4) is 0 Å². The number of carboxylic acid groups (broad SMARTS) is 1. The molecule has 0 bridgehead atoms. The molecule has 2 N–H and O–H groups in total. The lowest BCUT2D eigenvalue weighted by Crippen LogP contribution is -2.13. The molecule has 0 aromatic carbocycles. The van der Waals surface area contributed by atoms with Gasteiger partial charge in [0.1, 0.15) is 0 Å². The van der Waals surface area contributed by atoms with Crippen LogP contribution in [-0.2, 0) is 0 Å². The average molecular weight is 182 g/mol. The van der Waals surface area contributed by atoms with E-state index in [1.54, 1.807) is 19.0 Å². The number of nitrogens with one attached hydrogen (secondary N) is 1. The Balaban J connectivity index is 2.75. The van der Waals surface area contributed by atoms with E-state index < -0.39 is 6.09 Å². The Morgan fingerprint density at radius 3 is 2.38 bits per heavy atom. The Morgan fingerprint density at radius 2 is 2.00 bits per heavy atom. The van der Waals surface area contributed by atoms with Crippen LogP contribution in [0.5, 0.6) is 0 Å². The zero-order chi connectivity index (χ0) is 9.84. The van der Waals surface area contributed by atoms with E-state index in [-0.39, 0.29) is 0 Å². The fraction of sp³-hybridized carbons (Fsp3) is 0.286. The van der Waals surface area contributed by atoms with Crippen molar-refractivity contribution < 1.29 is 9.90 Å². The highest BCUT2D eigenvalue weighted by Crippen LogP contribution is 2.06. The van der Waals surface area contributed by atoms with Gasteiger partial charge in [-0.05, 0) is 0 Å². The summed E-state index contributed by atoms with van der Waals surface area (Å²) in [5.41, 5.74) is 0.359. The molecule has 1 amide bonds. The van der Waals surface area contributed by atoms with Gasteiger partial charge in [0, 0.05) is 14.1 Å². The third-order valence-corrected chi connectivity index (χ3v) is 1.29. The van der Waals surface area contributed by atoms with Crippen molar-refractivity contribution in [3.63, 3.8) is 0 Å². The Morgan fingerprint density at radius 1 is 1.46 bits per heavy atom. The van der Waals surface area contributed by atoms with Crippen molar-refractivity contribution in [1.82, 2.24) is 9.97 Å². The van der Waals surface area contributed by atoms with Crippen LogP contribution in [0.4, 0.5) is 16.4 Å². The molecular weight excluding hydrogens is 172 g/mol. The summed E-state index contributed by atoms with van der Waals surface area (Å²) in [6.45, 7) is 0. The second kappa shape index (κ2) is 3.70. The zero-order valence-corrected chi connectivity index (χ0v) is 7.35. The first-order valence-electron chi connectivity index (χ1n) is 3.59. The first kappa shape index (κ1) is 9.24. The highest BCUT2D eigenvalue weighted by atomic mass is 16.4. The molecule has 1 heterocycles. The molecular formula is C7H10N4O2. The largest absolute Gasteiger partial charge is 0.465 e. The molecule has 6 nitrogen and oxygen atoms in total. The lowest BCUT2D eigenvalue weighted by Gasteiger charge is -2.09. The van der Waals surface area contributed by atoms with Crippen molar-refractivity contribution in [2.45, 2.75) is 0 Å². The Bertz CT molecular complexity index is 296. The molecule has 13 heavy (non-hydrogen) atoms. The number of anilines is 2. The van der Waals surface area contributed by atoms with Gasteiger partial charge in [0.25, 0.3) is 0 Å². The second-order valence-corrected chi connectivity index (χ2v) is 2.60. The number of rotatable bonds is 2. The zero-order valence-electron chi connectivity index (χ0n) is 7.35. The number of nitrogens with zero attached hydrogens (tertiary/aromatic N) is 3. The molecule has 0 aliphatic carbocycles. The fourth-order valence-electron chi connectivity index (χ4n) is 0.740. The molecule has 6 heteroatoms. The molecule has 0 atom stereocenters. The Labute approximate surface area is 75.2 Å². The monoisotopic (exact) mass is 182 g/mol. The topological polar surface area (TPSA) is 78.4 Å². The van der Waals surface area contributed by atoms with Crippen LogP contribution in [0.25, 0.3) is 0 Å². The van der Waals surface area contributed by atoms with Gasteiger partial charge in [0.15, 0.2) is 0 Å². The van der Waals surface area contributed by atoms with Crippen LogP contribution in [0.2, 0.25) is 0 Å². The number of hydrogen-bond donors (Lipinski definition) is 2. The maximum atomic E-state index is 10.2. The molecule has 1 aromatic heterocycles. The molecule has 0 aliphatic rings. The third-order valence-electron chi connectivity index (χ3n) is 1.29. The van der Waals surface area contributed by atoms with E-state index >= 15 is 0 Å². The number of carbonyl (C=O) groups is 1. The summed E-state index contributed by atoms with van der Waals surface area (Å²) < 4.78 is 0. The predicted molar refractivity (Wildman–Crippen MR) is 48.0 cm³/mol. The molecule has 0 saturated heterocycles.